The van der Waals surface area contributed by atoms with Crippen LogP contribution < -0.4 is 0 Å². The maximum atomic E-state index is 10.3. The van der Waals surface area contributed by atoms with Gasteiger partial charge in [0.2, 0.25) is 6.41 Å². The third-order valence-corrected chi connectivity index (χ3v) is 1.71. The van der Waals surface area contributed by atoms with Gasteiger partial charge in [-0.2, -0.15) is 0 Å². The molecule has 0 bridgehead atoms. The van der Waals surface area contributed by atoms with Gasteiger partial charge in [-0.05, 0) is 0 Å². The Labute approximate surface area is 58.8 Å². The molecule has 1 fully saturated rings. The summed E-state index contributed by atoms with van der Waals surface area (Å²) in [7, 11) is 1.47. The Balaban J connectivity index is 2.45. The fourth-order valence-corrected chi connectivity index (χ4v) is 0.968. The summed E-state index contributed by atoms with van der Waals surface area (Å²) in [6.45, 7) is 0.771. The van der Waals surface area contributed by atoms with Crippen LogP contribution in [0.25, 0.3) is 0 Å². The van der Waals surface area contributed by atoms with Gasteiger partial charge in [-0.1, -0.05) is 0 Å². The van der Waals surface area contributed by atoms with E-state index in [1.54, 1.807) is 0 Å². The zero-order chi connectivity index (χ0) is 7.61. The van der Waals surface area contributed by atoms with E-state index in [4.69, 9.17) is 4.74 Å². The quantitative estimate of drug-likeness (QED) is 0.478. The topological polar surface area (TPSA) is 46.6 Å². The van der Waals surface area contributed by atoms with E-state index in [0.29, 0.717) is 19.5 Å². The Hall–Kier alpha value is -0.900. The lowest BCUT2D eigenvalue weighted by Gasteiger charge is -2.42. The SMILES string of the molecule is COC1(C=O)CN(C=O)C1. The molecule has 0 atom stereocenters. The first kappa shape index (κ1) is 7.21. The lowest BCUT2D eigenvalue weighted by Crippen LogP contribution is -2.63. The molecule has 0 aromatic heterocycles. The van der Waals surface area contributed by atoms with E-state index in [0.717, 1.165) is 6.29 Å². The lowest BCUT2D eigenvalue weighted by molar-refractivity contribution is -0.157. The number of carbonyl (C=O) groups is 2. The normalized spacial score (nSPS) is 21.5. The summed E-state index contributed by atoms with van der Waals surface area (Å²) in [5.74, 6) is 0. The summed E-state index contributed by atoms with van der Waals surface area (Å²) in [5.41, 5.74) is -0.707. The highest BCUT2D eigenvalue weighted by Crippen LogP contribution is 2.19. The van der Waals surface area contributed by atoms with Crippen LogP contribution in [-0.4, -0.2) is 43.4 Å². The predicted octanol–water partition coefficient (Wildman–Crippen LogP) is -0.957. The van der Waals surface area contributed by atoms with Crippen molar-refractivity contribution in [3.8, 4) is 0 Å². The zero-order valence-electron chi connectivity index (χ0n) is 5.74. The Morgan fingerprint density at radius 1 is 1.50 bits per heavy atom. The number of aldehydes is 1. The average Bonchev–Trinajstić information content (AvgIpc) is 1.89. The number of carbonyl (C=O) groups excluding carboxylic acids is 2. The molecule has 10 heavy (non-hydrogen) atoms. The summed E-state index contributed by atoms with van der Waals surface area (Å²) in [5, 5.41) is 0. The second-order valence-electron chi connectivity index (χ2n) is 2.40. The summed E-state index contributed by atoms with van der Waals surface area (Å²) in [6.07, 6.45) is 1.45. The van der Waals surface area contributed by atoms with Gasteiger partial charge in [-0.3, -0.25) is 9.59 Å². The van der Waals surface area contributed by atoms with Gasteiger partial charge in [0.25, 0.3) is 0 Å². The van der Waals surface area contributed by atoms with Crippen LogP contribution in [0.2, 0.25) is 0 Å². The van der Waals surface area contributed by atoms with Crippen molar-refractivity contribution in [1.82, 2.24) is 4.90 Å². The van der Waals surface area contributed by atoms with Crippen LogP contribution in [0.4, 0.5) is 0 Å². The van der Waals surface area contributed by atoms with Gasteiger partial charge in [0.05, 0.1) is 13.1 Å². The van der Waals surface area contributed by atoms with E-state index in [1.165, 1.54) is 12.0 Å². The van der Waals surface area contributed by atoms with Gasteiger partial charge in [0.15, 0.2) is 11.9 Å². The molecular formula is C6H9NO3. The van der Waals surface area contributed by atoms with Crippen molar-refractivity contribution in [3.63, 3.8) is 0 Å². The van der Waals surface area contributed by atoms with E-state index in [2.05, 4.69) is 0 Å². The van der Waals surface area contributed by atoms with Crippen LogP contribution in [0.5, 0.6) is 0 Å². The molecule has 1 amide bonds. The molecule has 56 valence electrons. The standard InChI is InChI=1S/C6H9NO3/c1-10-6(4-8)2-7(3-6)5-9/h4-5H,2-3H2,1H3. The van der Waals surface area contributed by atoms with Gasteiger partial charge >= 0.3 is 0 Å². The molecule has 0 aliphatic carbocycles. The first-order valence-electron chi connectivity index (χ1n) is 2.97. The Morgan fingerprint density at radius 3 is 2.40 bits per heavy atom. The van der Waals surface area contributed by atoms with Gasteiger partial charge in [-0.25, -0.2) is 0 Å². The monoisotopic (exact) mass is 143 g/mol. The van der Waals surface area contributed by atoms with E-state index in [9.17, 15) is 9.59 Å². The van der Waals surface area contributed by atoms with Crippen molar-refractivity contribution in [2.24, 2.45) is 0 Å². The summed E-state index contributed by atoms with van der Waals surface area (Å²) < 4.78 is 4.89. The van der Waals surface area contributed by atoms with Crippen LogP contribution in [-0.2, 0) is 14.3 Å². The predicted molar refractivity (Wildman–Crippen MR) is 33.4 cm³/mol. The molecule has 0 spiro atoms. The number of likely N-dealkylation sites (tertiary alicyclic amines) is 1. The number of methoxy groups -OCH3 is 1. The van der Waals surface area contributed by atoms with Crippen molar-refractivity contribution < 1.29 is 14.3 Å². The van der Waals surface area contributed by atoms with E-state index < -0.39 is 5.60 Å². The highest BCUT2D eigenvalue weighted by atomic mass is 16.5. The van der Waals surface area contributed by atoms with Crippen molar-refractivity contribution in [1.29, 1.82) is 0 Å². The number of amides is 1. The van der Waals surface area contributed by atoms with Gasteiger partial charge in [0, 0.05) is 7.11 Å². The van der Waals surface area contributed by atoms with Crippen molar-refractivity contribution in [2.75, 3.05) is 20.2 Å². The number of rotatable bonds is 3. The number of hydrogen-bond donors (Lipinski definition) is 0. The van der Waals surface area contributed by atoms with E-state index in [-0.39, 0.29) is 0 Å². The van der Waals surface area contributed by atoms with Crippen LogP contribution in [0.1, 0.15) is 0 Å². The Morgan fingerprint density at radius 2 is 2.10 bits per heavy atom. The van der Waals surface area contributed by atoms with E-state index >= 15 is 0 Å². The number of hydrogen-bond acceptors (Lipinski definition) is 3. The fourth-order valence-electron chi connectivity index (χ4n) is 0.968. The van der Waals surface area contributed by atoms with Crippen LogP contribution in [0.15, 0.2) is 0 Å². The Kier molecular flexibility index (Phi) is 1.72. The first-order chi connectivity index (χ1) is 4.76. The Bertz CT molecular complexity index is 151. The average molecular weight is 143 g/mol. The molecule has 0 N–H and O–H groups in total. The minimum absolute atomic E-state index is 0.385. The number of nitrogens with zero attached hydrogens (tertiary/aromatic N) is 1. The van der Waals surface area contributed by atoms with Crippen molar-refractivity contribution in [3.05, 3.63) is 0 Å². The third-order valence-electron chi connectivity index (χ3n) is 1.71. The zero-order valence-corrected chi connectivity index (χ0v) is 5.74. The molecule has 4 heteroatoms. The molecule has 1 aliphatic heterocycles. The lowest BCUT2D eigenvalue weighted by atomic mass is 9.97. The fraction of sp³-hybridized carbons (Fsp3) is 0.667. The minimum Gasteiger partial charge on any atom is -0.367 e. The maximum Gasteiger partial charge on any atom is 0.209 e. The molecule has 1 aliphatic rings. The summed E-state index contributed by atoms with van der Waals surface area (Å²) in [6, 6.07) is 0. The van der Waals surface area contributed by atoms with Gasteiger partial charge in [-0.15, -0.1) is 0 Å². The molecular weight excluding hydrogens is 134 g/mol. The summed E-state index contributed by atoms with van der Waals surface area (Å²) >= 11 is 0. The molecule has 1 saturated heterocycles. The largest absolute Gasteiger partial charge is 0.367 e. The first-order valence-corrected chi connectivity index (χ1v) is 2.97. The smallest absolute Gasteiger partial charge is 0.209 e. The van der Waals surface area contributed by atoms with E-state index in [1.807, 2.05) is 0 Å². The van der Waals surface area contributed by atoms with Crippen LogP contribution >= 0.6 is 0 Å². The summed E-state index contributed by atoms with van der Waals surface area (Å²) in [4.78, 5) is 21.9. The number of ether oxygens (including phenoxy) is 1. The second kappa shape index (κ2) is 2.38. The maximum absolute atomic E-state index is 10.3. The van der Waals surface area contributed by atoms with Crippen LogP contribution in [0.3, 0.4) is 0 Å². The molecule has 0 unspecified atom stereocenters. The van der Waals surface area contributed by atoms with Gasteiger partial charge < -0.3 is 9.64 Å². The molecule has 0 radical (unpaired) electrons. The molecule has 0 aromatic carbocycles. The highest BCUT2D eigenvalue weighted by molar-refractivity contribution is 5.68. The second-order valence-corrected chi connectivity index (χ2v) is 2.40. The minimum atomic E-state index is -0.707. The van der Waals surface area contributed by atoms with Crippen LogP contribution in [0, 0.1) is 0 Å². The van der Waals surface area contributed by atoms with Crippen molar-refractivity contribution in [2.45, 2.75) is 5.60 Å². The van der Waals surface area contributed by atoms with Crippen molar-refractivity contribution >= 4 is 12.7 Å². The highest BCUT2D eigenvalue weighted by Gasteiger charge is 2.42. The van der Waals surface area contributed by atoms with Gasteiger partial charge in [0.1, 0.15) is 0 Å². The molecule has 1 rings (SSSR count). The third kappa shape index (κ3) is 0.903. The molecule has 4 nitrogen and oxygen atoms in total. The molecule has 1 heterocycles. The molecule has 0 aromatic rings. The molecule has 0 saturated carbocycles.